The Morgan fingerprint density at radius 3 is 2.64 bits per heavy atom. The third-order valence-electron chi connectivity index (χ3n) is 2.01. The summed E-state index contributed by atoms with van der Waals surface area (Å²) in [4.78, 5) is 13.2. The molecule has 0 fully saturated rings. The number of likely N-dealkylation sites (N-methyl/N-ethyl adjacent to an activating group) is 1. The molecule has 0 radical (unpaired) electrons. The molecule has 4 heteroatoms. The van der Waals surface area contributed by atoms with Gasteiger partial charge in [0.1, 0.15) is 0 Å². The Labute approximate surface area is 86.2 Å². The summed E-state index contributed by atoms with van der Waals surface area (Å²) in [7, 11) is 3.39. The number of carbonyl (C=O) groups excluding carboxylic acids is 1. The quantitative estimate of drug-likeness (QED) is 0.452. The second-order valence-electron chi connectivity index (χ2n) is 3.38. The number of esters is 1. The molecule has 0 aliphatic heterocycles. The van der Waals surface area contributed by atoms with Gasteiger partial charge < -0.3 is 14.4 Å². The zero-order valence-electron chi connectivity index (χ0n) is 9.58. The van der Waals surface area contributed by atoms with Gasteiger partial charge in [-0.3, -0.25) is 4.79 Å². The molecule has 0 saturated carbocycles. The molecule has 4 nitrogen and oxygen atoms in total. The van der Waals surface area contributed by atoms with E-state index >= 15 is 0 Å². The minimum absolute atomic E-state index is 0.0772. The highest BCUT2D eigenvalue weighted by molar-refractivity contribution is 5.71. The van der Waals surface area contributed by atoms with Gasteiger partial charge >= 0.3 is 5.97 Å². The number of carbonyl (C=O) groups is 1. The van der Waals surface area contributed by atoms with Crippen molar-refractivity contribution in [2.75, 3.05) is 40.5 Å². The highest BCUT2D eigenvalue weighted by atomic mass is 16.5. The van der Waals surface area contributed by atoms with Gasteiger partial charge in [0.05, 0.1) is 19.6 Å². The number of methoxy groups -OCH3 is 1. The lowest BCUT2D eigenvalue weighted by Crippen LogP contribution is -2.31. The second kappa shape index (κ2) is 7.76. The van der Waals surface area contributed by atoms with Crippen molar-refractivity contribution < 1.29 is 14.3 Å². The maximum Gasteiger partial charge on any atom is 0.309 e. The van der Waals surface area contributed by atoms with Crippen molar-refractivity contribution in [3.05, 3.63) is 0 Å². The summed E-state index contributed by atoms with van der Waals surface area (Å²) in [6.07, 6.45) is 0. The topological polar surface area (TPSA) is 38.8 Å². The van der Waals surface area contributed by atoms with Crippen molar-refractivity contribution in [1.29, 1.82) is 0 Å². The minimum atomic E-state index is -0.159. The highest BCUT2D eigenvalue weighted by Crippen LogP contribution is 2.00. The Morgan fingerprint density at radius 1 is 1.50 bits per heavy atom. The molecule has 0 bridgehead atoms. The largest absolute Gasteiger partial charge is 0.469 e. The summed E-state index contributed by atoms with van der Waals surface area (Å²) in [5.74, 6) is -0.236. The normalized spacial score (nSPS) is 12.9. The van der Waals surface area contributed by atoms with Crippen LogP contribution in [0, 0.1) is 5.92 Å². The molecule has 0 amide bonds. The van der Waals surface area contributed by atoms with Crippen LogP contribution in [-0.4, -0.2) is 51.3 Å². The van der Waals surface area contributed by atoms with E-state index in [-0.39, 0.29) is 11.9 Å². The van der Waals surface area contributed by atoms with Gasteiger partial charge in [-0.2, -0.15) is 0 Å². The Morgan fingerprint density at radius 2 is 2.14 bits per heavy atom. The monoisotopic (exact) mass is 203 g/mol. The molecule has 0 N–H and O–H groups in total. The van der Waals surface area contributed by atoms with Crippen LogP contribution in [0.1, 0.15) is 13.8 Å². The Bertz CT molecular complexity index is 161. The first-order valence-corrected chi connectivity index (χ1v) is 4.95. The molecule has 0 aliphatic carbocycles. The van der Waals surface area contributed by atoms with E-state index in [1.807, 2.05) is 20.9 Å². The summed E-state index contributed by atoms with van der Waals surface area (Å²) in [6.45, 7) is 6.83. The molecule has 0 spiro atoms. The number of ether oxygens (including phenoxy) is 2. The molecule has 1 atom stereocenters. The van der Waals surface area contributed by atoms with E-state index in [1.54, 1.807) is 0 Å². The fourth-order valence-corrected chi connectivity index (χ4v) is 1.20. The summed E-state index contributed by atoms with van der Waals surface area (Å²) in [6, 6.07) is 0. The zero-order valence-corrected chi connectivity index (χ0v) is 9.58. The van der Waals surface area contributed by atoms with Crippen molar-refractivity contribution >= 4 is 5.97 Å². The lowest BCUT2D eigenvalue weighted by Gasteiger charge is -2.19. The number of nitrogens with zero attached hydrogens (tertiary/aromatic N) is 1. The van der Waals surface area contributed by atoms with E-state index in [0.29, 0.717) is 13.2 Å². The molecule has 0 heterocycles. The van der Waals surface area contributed by atoms with Crippen molar-refractivity contribution in [3.8, 4) is 0 Å². The van der Waals surface area contributed by atoms with E-state index in [1.165, 1.54) is 7.11 Å². The summed E-state index contributed by atoms with van der Waals surface area (Å²) < 4.78 is 9.86. The summed E-state index contributed by atoms with van der Waals surface area (Å²) in [5.41, 5.74) is 0. The Kier molecular flexibility index (Phi) is 7.42. The summed E-state index contributed by atoms with van der Waals surface area (Å²) in [5, 5.41) is 0. The van der Waals surface area contributed by atoms with Crippen LogP contribution in [0.3, 0.4) is 0 Å². The smallest absolute Gasteiger partial charge is 0.309 e. The molecular weight excluding hydrogens is 182 g/mol. The third-order valence-corrected chi connectivity index (χ3v) is 2.01. The van der Waals surface area contributed by atoms with Crippen LogP contribution in [-0.2, 0) is 14.3 Å². The maximum absolute atomic E-state index is 11.1. The van der Waals surface area contributed by atoms with E-state index in [2.05, 4.69) is 9.64 Å². The molecule has 0 aliphatic rings. The maximum atomic E-state index is 11.1. The summed E-state index contributed by atoms with van der Waals surface area (Å²) >= 11 is 0. The average Bonchev–Trinajstić information content (AvgIpc) is 2.16. The van der Waals surface area contributed by atoms with Crippen LogP contribution in [0.15, 0.2) is 0 Å². The van der Waals surface area contributed by atoms with Gasteiger partial charge in [-0.15, -0.1) is 0 Å². The van der Waals surface area contributed by atoms with Gasteiger partial charge in [-0.25, -0.2) is 0 Å². The average molecular weight is 203 g/mol. The lowest BCUT2D eigenvalue weighted by atomic mass is 10.2. The van der Waals surface area contributed by atoms with Crippen molar-refractivity contribution in [3.63, 3.8) is 0 Å². The van der Waals surface area contributed by atoms with Gasteiger partial charge in [0, 0.05) is 19.7 Å². The Hall–Kier alpha value is -0.610. The predicted octanol–water partition coefficient (Wildman–Crippen LogP) is 0.764. The van der Waals surface area contributed by atoms with Gasteiger partial charge in [-0.05, 0) is 14.0 Å². The lowest BCUT2D eigenvalue weighted by molar-refractivity contribution is -0.145. The second-order valence-corrected chi connectivity index (χ2v) is 3.38. The minimum Gasteiger partial charge on any atom is -0.469 e. The molecule has 1 unspecified atom stereocenters. The van der Waals surface area contributed by atoms with Gasteiger partial charge in [-0.1, -0.05) is 6.92 Å². The van der Waals surface area contributed by atoms with Gasteiger partial charge in [0.15, 0.2) is 0 Å². The molecule has 0 aromatic carbocycles. The SMILES string of the molecule is CCOCCN(C)CC(C)C(=O)OC. The van der Waals surface area contributed by atoms with Crippen molar-refractivity contribution in [1.82, 2.24) is 4.90 Å². The van der Waals surface area contributed by atoms with E-state index in [9.17, 15) is 4.79 Å². The van der Waals surface area contributed by atoms with Crippen LogP contribution in [0.25, 0.3) is 0 Å². The van der Waals surface area contributed by atoms with Crippen LogP contribution in [0.5, 0.6) is 0 Å². The number of hydrogen-bond donors (Lipinski definition) is 0. The van der Waals surface area contributed by atoms with E-state index < -0.39 is 0 Å². The number of rotatable bonds is 7. The van der Waals surface area contributed by atoms with Crippen molar-refractivity contribution in [2.24, 2.45) is 5.92 Å². The fourth-order valence-electron chi connectivity index (χ4n) is 1.20. The molecule has 84 valence electrons. The molecule has 0 aromatic heterocycles. The van der Waals surface area contributed by atoms with Gasteiger partial charge in [0.2, 0.25) is 0 Å². The molecular formula is C10H21NO3. The van der Waals surface area contributed by atoms with Gasteiger partial charge in [0.25, 0.3) is 0 Å². The van der Waals surface area contributed by atoms with E-state index in [4.69, 9.17) is 4.74 Å². The van der Waals surface area contributed by atoms with Crippen LogP contribution < -0.4 is 0 Å². The molecule has 0 rings (SSSR count). The highest BCUT2D eigenvalue weighted by Gasteiger charge is 2.14. The zero-order chi connectivity index (χ0) is 11.0. The Balaban J connectivity index is 3.59. The first kappa shape index (κ1) is 13.4. The molecule has 14 heavy (non-hydrogen) atoms. The molecule has 0 aromatic rings. The standard InChI is InChI=1S/C10H21NO3/c1-5-14-7-6-11(3)8-9(2)10(12)13-4/h9H,5-8H2,1-4H3. The predicted molar refractivity (Wildman–Crippen MR) is 55.2 cm³/mol. The van der Waals surface area contributed by atoms with Crippen LogP contribution >= 0.6 is 0 Å². The molecule has 0 saturated heterocycles. The first-order chi connectivity index (χ1) is 6.61. The first-order valence-electron chi connectivity index (χ1n) is 4.95. The third kappa shape index (κ3) is 5.94. The van der Waals surface area contributed by atoms with Crippen LogP contribution in [0.2, 0.25) is 0 Å². The fraction of sp³-hybridized carbons (Fsp3) is 0.900. The number of hydrogen-bond acceptors (Lipinski definition) is 4. The van der Waals surface area contributed by atoms with Crippen LogP contribution in [0.4, 0.5) is 0 Å². The van der Waals surface area contributed by atoms with E-state index in [0.717, 1.165) is 13.2 Å². The van der Waals surface area contributed by atoms with Crippen molar-refractivity contribution in [2.45, 2.75) is 13.8 Å².